The van der Waals surface area contributed by atoms with Crippen molar-refractivity contribution < 1.29 is 10.0 Å². The van der Waals surface area contributed by atoms with Gasteiger partial charge in [0.2, 0.25) is 0 Å². The van der Waals surface area contributed by atoms with E-state index in [0.29, 0.717) is 0 Å². The molecule has 0 spiro atoms. The largest absolute Gasteiger partial charge is 0.404 e. The number of hydrogen-bond donors (Lipinski definition) is 1. The van der Waals surface area contributed by atoms with E-state index in [2.05, 4.69) is 5.10 Å². The zero-order valence-electron chi connectivity index (χ0n) is 8.41. The molecule has 1 heterocycles. The minimum atomic E-state index is -2.25. The Kier molecular flexibility index (Phi) is 2.90. The second-order valence-electron chi connectivity index (χ2n) is 3.50. The molecule has 0 amide bonds. The molecule has 4 radical (unpaired) electrons. The summed E-state index contributed by atoms with van der Waals surface area (Å²) in [6.45, 7) is 3.44. The van der Waals surface area contributed by atoms with Crippen molar-refractivity contribution >= 4 is 21.5 Å². The summed E-state index contributed by atoms with van der Waals surface area (Å²) in [7, 11) is 10.4. The number of aromatic nitrogens is 2. The lowest BCUT2D eigenvalue weighted by Crippen LogP contribution is -2.26. The van der Waals surface area contributed by atoms with Gasteiger partial charge in [-0.1, -0.05) is 5.10 Å². The van der Waals surface area contributed by atoms with Crippen LogP contribution in [0.25, 0.3) is 0 Å². The lowest BCUT2D eigenvalue weighted by Gasteiger charge is -2.15. The molecule has 1 rings (SSSR count). The summed E-state index contributed by atoms with van der Waals surface area (Å²) in [5, 5.41) is 21.6. The van der Waals surface area contributed by atoms with Gasteiger partial charge in [-0.05, 0) is 18.8 Å². The van der Waals surface area contributed by atoms with Gasteiger partial charge >= 0.3 is 5.82 Å². The number of aliphatic hydroxyl groups is 1. The first-order chi connectivity index (χ1) is 6.75. The van der Waals surface area contributed by atoms with E-state index in [-0.39, 0.29) is 11.6 Å². The normalized spacial score (nSPS) is 12.0. The van der Waals surface area contributed by atoms with Crippen molar-refractivity contribution in [3.05, 3.63) is 21.9 Å². The van der Waals surface area contributed by atoms with Gasteiger partial charge in [0.25, 0.3) is 0 Å². The molecule has 0 bridgehead atoms. The third kappa shape index (κ3) is 2.20. The minimum Gasteiger partial charge on any atom is -0.404 e. The van der Waals surface area contributed by atoms with Crippen LogP contribution in [0.5, 0.6) is 0 Å². The molecule has 0 aliphatic rings. The van der Waals surface area contributed by atoms with Gasteiger partial charge in [-0.3, -0.25) is 0 Å². The van der Waals surface area contributed by atoms with Crippen LogP contribution in [0.2, 0.25) is 0 Å². The summed E-state index contributed by atoms with van der Waals surface area (Å²) in [4.78, 5) is 10.1. The van der Waals surface area contributed by atoms with Crippen molar-refractivity contribution in [2.75, 3.05) is 0 Å². The van der Waals surface area contributed by atoms with E-state index in [1.165, 1.54) is 0 Å². The maximum atomic E-state index is 10.8. The molecule has 0 saturated carbocycles. The molecule has 0 saturated heterocycles. The first kappa shape index (κ1) is 11.8. The molecule has 0 atom stereocenters. The van der Waals surface area contributed by atoms with E-state index in [1.807, 2.05) is 0 Å². The van der Waals surface area contributed by atoms with E-state index < -0.39 is 16.1 Å². The Morgan fingerprint density at radius 3 is 2.53 bits per heavy atom. The molecule has 0 fully saturated rings. The van der Waals surface area contributed by atoms with Crippen LogP contribution in [0.3, 0.4) is 0 Å². The zero-order valence-corrected chi connectivity index (χ0v) is 8.41. The standard InChI is InChI=1S/C7H9B2N3O3/c1-4(2)11-6(12(14)15)5(3-10-11)7(8,9)13/h3-4,13H,1-2H3. The van der Waals surface area contributed by atoms with Gasteiger partial charge in [0.1, 0.15) is 21.7 Å². The highest BCUT2D eigenvalue weighted by Gasteiger charge is 2.31. The highest BCUT2D eigenvalue weighted by Crippen LogP contribution is 2.27. The number of hydrogen-bond acceptors (Lipinski definition) is 4. The van der Waals surface area contributed by atoms with Crippen LogP contribution in [0.15, 0.2) is 6.20 Å². The summed E-state index contributed by atoms with van der Waals surface area (Å²) in [5.74, 6) is -0.391. The maximum absolute atomic E-state index is 10.8. The van der Waals surface area contributed by atoms with Crippen LogP contribution in [0.1, 0.15) is 25.5 Å². The van der Waals surface area contributed by atoms with E-state index in [0.717, 1.165) is 10.9 Å². The number of nitro groups is 1. The molecule has 76 valence electrons. The fourth-order valence-electron chi connectivity index (χ4n) is 1.20. The molecular formula is C7H9B2N3O3. The van der Waals surface area contributed by atoms with Crippen LogP contribution in [-0.2, 0) is 5.40 Å². The fraction of sp³-hybridized carbons (Fsp3) is 0.571. The van der Waals surface area contributed by atoms with Crippen LogP contribution >= 0.6 is 0 Å². The van der Waals surface area contributed by atoms with Crippen LogP contribution in [0, 0.1) is 10.1 Å². The van der Waals surface area contributed by atoms with Crippen molar-refractivity contribution in [2.45, 2.75) is 25.3 Å². The van der Waals surface area contributed by atoms with Gasteiger partial charge in [0, 0.05) is 5.40 Å². The van der Waals surface area contributed by atoms with Crippen molar-refractivity contribution in [1.29, 1.82) is 0 Å². The smallest absolute Gasteiger partial charge is 0.349 e. The van der Waals surface area contributed by atoms with Crippen molar-refractivity contribution in [3.63, 3.8) is 0 Å². The predicted octanol–water partition coefficient (Wildman–Crippen LogP) is -0.188. The van der Waals surface area contributed by atoms with Gasteiger partial charge in [-0.25, -0.2) is 0 Å². The summed E-state index contributed by atoms with van der Waals surface area (Å²) in [6.07, 6.45) is 1.10. The van der Waals surface area contributed by atoms with Gasteiger partial charge in [-0.15, -0.1) is 4.68 Å². The Morgan fingerprint density at radius 2 is 2.20 bits per heavy atom. The van der Waals surface area contributed by atoms with Gasteiger partial charge in [-0.2, -0.15) is 0 Å². The maximum Gasteiger partial charge on any atom is 0.349 e. The average molecular weight is 205 g/mol. The van der Waals surface area contributed by atoms with Crippen molar-refractivity contribution in [3.8, 4) is 0 Å². The lowest BCUT2D eigenvalue weighted by molar-refractivity contribution is -0.394. The zero-order chi connectivity index (χ0) is 11.8. The number of rotatable bonds is 3. The number of nitrogens with zero attached hydrogens (tertiary/aromatic N) is 3. The summed E-state index contributed by atoms with van der Waals surface area (Å²) < 4.78 is 1.14. The predicted molar refractivity (Wildman–Crippen MR) is 54.7 cm³/mol. The SMILES string of the molecule is [B]C([B])(O)c1cnn(C(C)C)c1[N+](=O)[O-]. The Labute approximate surface area is 89.2 Å². The molecule has 1 aromatic heterocycles. The Bertz CT molecular complexity index is 383. The third-order valence-electron chi connectivity index (χ3n) is 1.86. The molecule has 8 heteroatoms. The highest BCUT2D eigenvalue weighted by molar-refractivity contribution is 6.38. The van der Waals surface area contributed by atoms with E-state index >= 15 is 0 Å². The molecule has 6 nitrogen and oxygen atoms in total. The molecule has 1 N–H and O–H groups in total. The Balaban J connectivity index is 3.37. The molecule has 0 aliphatic carbocycles. The Hall–Kier alpha value is -1.30. The third-order valence-corrected chi connectivity index (χ3v) is 1.86. The molecule has 0 aromatic carbocycles. The van der Waals surface area contributed by atoms with Crippen molar-refractivity contribution in [2.24, 2.45) is 0 Å². The second kappa shape index (κ2) is 3.69. The van der Waals surface area contributed by atoms with E-state index in [4.69, 9.17) is 15.7 Å². The molecule has 15 heavy (non-hydrogen) atoms. The molecule has 1 aromatic rings. The summed E-state index contributed by atoms with van der Waals surface area (Å²) in [5.41, 5.74) is -0.207. The van der Waals surface area contributed by atoms with Crippen molar-refractivity contribution in [1.82, 2.24) is 9.78 Å². The van der Waals surface area contributed by atoms with Crippen LogP contribution in [0.4, 0.5) is 5.82 Å². The monoisotopic (exact) mass is 205 g/mol. The molecule has 0 unspecified atom stereocenters. The quantitative estimate of drug-likeness (QED) is 0.421. The Morgan fingerprint density at radius 1 is 1.67 bits per heavy atom. The van der Waals surface area contributed by atoms with Gasteiger partial charge in [0.15, 0.2) is 0 Å². The average Bonchev–Trinajstić information content (AvgIpc) is 2.45. The van der Waals surface area contributed by atoms with Crippen LogP contribution < -0.4 is 0 Å². The second-order valence-corrected chi connectivity index (χ2v) is 3.50. The van der Waals surface area contributed by atoms with E-state index in [9.17, 15) is 15.2 Å². The highest BCUT2D eigenvalue weighted by atomic mass is 16.6. The molecule has 0 aliphatic heterocycles. The minimum absolute atomic E-state index is 0.207. The fourth-order valence-corrected chi connectivity index (χ4v) is 1.20. The first-order valence-corrected chi connectivity index (χ1v) is 4.27. The first-order valence-electron chi connectivity index (χ1n) is 4.27. The molecular weight excluding hydrogens is 196 g/mol. The summed E-state index contributed by atoms with van der Waals surface area (Å²) in [6, 6.07) is -0.221. The van der Waals surface area contributed by atoms with Gasteiger partial charge in [0.05, 0.1) is 11.8 Å². The van der Waals surface area contributed by atoms with Crippen LogP contribution in [-0.4, -0.2) is 35.5 Å². The lowest BCUT2D eigenvalue weighted by atomic mass is 9.62. The van der Waals surface area contributed by atoms with Gasteiger partial charge < -0.3 is 15.2 Å². The topological polar surface area (TPSA) is 81.2 Å². The summed E-state index contributed by atoms with van der Waals surface area (Å²) >= 11 is 0. The van der Waals surface area contributed by atoms with E-state index in [1.54, 1.807) is 13.8 Å².